The van der Waals surface area contributed by atoms with Crippen LogP contribution in [0.3, 0.4) is 0 Å². The number of para-hydroxylation sites is 1. The van der Waals surface area contributed by atoms with Crippen LogP contribution in [0.4, 0.5) is 11.4 Å². The molecule has 5 heteroatoms. The van der Waals surface area contributed by atoms with Crippen LogP contribution in [-0.4, -0.2) is 30.7 Å². The van der Waals surface area contributed by atoms with Crippen molar-refractivity contribution in [2.75, 3.05) is 30.3 Å². The maximum absolute atomic E-state index is 11.2. The zero-order chi connectivity index (χ0) is 12.4. The molecule has 1 aromatic carbocycles. The lowest BCUT2D eigenvalue weighted by atomic mass is 10.1. The van der Waals surface area contributed by atoms with E-state index in [2.05, 4.69) is 4.90 Å². The highest BCUT2D eigenvalue weighted by Crippen LogP contribution is 2.30. The Morgan fingerprint density at radius 3 is 2.88 bits per heavy atom. The Hall–Kier alpha value is -1.75. The van der Waals surface area contributed by atoms with Crippen LogP contribution in [-0.2, 0) is 0 Å². The van der Waals surface area contributed by atoms with Crippen LogP contribution in [0.5, 0.6) is 0 Å². The van der Waals surface area contributed by atoms with Crippen LogP contribution in [0.2, 0.25) is 0 Å². The second-order valence-electron chi connectivity index (χ2n) is 4.39. The zero-order valence-corrected chi connectivity index (χ0v) is 9.60. The third kappa shape index (κ3) is 2.19. The number of primary amides is 1. The van der Waals surface area contributed by atoms with Gasteiger partial charge in [0.25, 0.3) is 5.91 Å². The Bertz CT molecular complexity index is 434. The fourth-order valence-corrected chi connectivity index (χ4v) is 2.24. The summed E-state index contributed by atoms with van der Waals surface area (Å²) < 4.78 is 0. The molecule has 2 rings (SSSR count). The highest BCUT2D eigenvalue weighted by molar-refractivity contribution is 6.00. The smallest absolute Gasteiger partial charge is 0.250 e. The second kappa shape index (κ2) is 4.63. The summed E-state index contributed by atoms with van der Waals surface area (Å²) in [5.74, 6) is -0.228. The molecule has 0 aromatic heterocycles. The van der Waals surface area contributed by atoms with Crippen molar-refractivity contribution in [2.24, 2.45) is 11.7 Å². The summed E-state index contributed by atoms with van der Waals surface area (Å²) in [5, 5.41) is 9.11. The van der Waals surface area contributed by atoms with Gasteiger partial charge in [0.15, 0.2) is 0 Å². The number of aliphatic hydroxyl groups excluding tert-OH is 1. The minimum absolute atomic E-state index is 0.186. The average Bonchev–Trinajstić information content (AvgIpc) is 2.77. The molecular formula is C12H17N3O2. The van der Waals surface area contributed by atoms with Crippen molar-refractivity contribution in [2.45, 2.75) is 6.42 Å². The molecule has 1 atom stereocenters. The van der Waals surface area contributed by atoms with Crippen molar-refractivity contribution in [1.29, 1.82) is 0 Å². The molecule has 1 aliphatic rings. The van der Waals surface area contributed by atoms with Crippen molar-refractivity contribution in [3.05, 3.63) is 23.8 Å². The molecule has 1 heterocycles. The van der Waals surface area contributed by atoms with Gasteiger partial charge in [-0.3, -0.25) is 4.79 Å². The summed E-state index contributed by atoms with van der Waals surface area (Å²) >= 11 is 0. The van der Waals surface area contributed by atoms with Crippen LogP contribution in [0.15, 0.2) is 18.2 Å². The first kappa shape index (κ1) is 11.7. The van der Waals surface area contributed by atoms with Gasteiger partial charge < -0.3 is 21.5 Å². The van der Waals surface area contributed by atoms with Gasteiger partial charge in [0.2, 0.25) is 0 Å². The summed E-state index contributed by atoms with van der Waals surface area (Å²) in [6, 6.07) is 5.28. The van der Waals surface area contributed by atoms with Crippen molar-refractivity contribution in [3.8, 4) is 0 Å². The van der Waals surface area contributed by atoms with Crippen LogP contribution in [0, 0.1) is 5.92 Å². The predicted octanol–water partition coefficient (Wildman–Crippen LogP) is 0.186. The fraction of sp³-hybridized carbons (Fsp3) is 0.417. The number of nitrogen functional groups attached to an aromatic ring is 1. The molecule has 0 aliphatic carbocycles. The van der Waals surface area contributed by atoms with E-state index >= 15 is 0 Å². The number of nitrogens with two attached hydrogens (primary N) is 2. The van der Waals surface area contributed by atoms with Crippen LogP contribution >= 0.6 is 0 Å². The minimum Gasteiger partial charge on any atom is -0.396 e. The third-order valence-electron chi connectivity index (χ3n) is 3.23. The highest BCUT2D eigenvalue weighted by atomic mass is 16.3. The summed E-state index contributed by atoms with van der Waals surface area (Å²) in [6.07, 6.45) is 0.941. The molecule has 92 valence electrons. The largest absolute Gasteiger partial charge is 0.396 e. The summed E-state index contributed by atoms with van der Waals surface area (Å²) in [7, 11) is 0. The van der Waals surface area contributed by atoms with Crippen molar-refractivity contribution >= 4 is 17.3 Å². The van der Waals surface area contributed by atoms with E-state index in [1.807, 2.05) is 6.07 Å². The van der Waals surface area contributed by atoms with Crippen molar-refractivity contribution in [1.82, 2.24) is 0 Å². The molecule has 0 radical (unpaired) electrons. The van der Waals surface area contributed by atoms with Crippen LogP contribution < -0.4 is 16.4 Å². The van der Waals surface area contributed by atoms with Crippen LogP contribution in [0.1, 0.15) is 16.8 Å². The number of hydrogen-bond donors (Lipinski definition) is 3. The average molecular weight is 235 g/mol. The first-order chi connectivity index (χ1) is 8.13. The molecule has 1 saturated heterocycles. The van der Waals surface area contributed by atoms with Gasteiger partial charge in [0.05, 0.1) is 16.9 Å². The van der Waals surface area contributed by atoms with Gasteiger partial charge in [-0.1, -0.05) is 6.07 Å². The van der Waals surface area contributed by atoms with Gasteiger partial charge in [-0.15, -0.1) is 0 Å². The number of aliphatic hydroxyl groups is 1. The lowest BCUT2D eigenvalue weighted by molar-refractivity contribution is 0.100. The first-order valence-corrected chi connectivity index (χ1v) is 5.67. The topological polar surface area (TPSA) is 92.6 Å². The van der Waals surface area contributed by atoms with Crippen LogP contribution in [0.25, 0.3) is 0 Å². The monoisotopic (exact) mass is 235 g/mol. The van der Waals surface area contributed by atoms with E-state index in [1.54, 1.807) is 12.1 Å². The van der Waals surface area contributed by atoms with Crippen molar-refractivity contribution in [3.63, 3.8) is 0 Å². The lowest BCUT2D eigenvalue weighted by Crippen LogP contribution is -2.23. The second-order valence-corrected chi connectivity index (χ2v) is 4.39. The molecule has 5 nitrogen and oxygen atoms in total. The highest BCUT2D eigenvalue weighted by Gasteiger charge is 2.24. The maximum Gasteiger partial charge on any atom is 0.250 e. The number of benzene rings is 1. The number of carbonyl (C=O) groups is 1. The Morgan fingerprint density at radius 1 is 1.53 bits per heavy atom. The van der Waals surface area contributed by atoms with E-state index in [0.29, 0.717) is 11.3 Å². The van der Waals surface area contributed by atoms with Gasteiger partial charge in [0.1, 0.15) is 0 Å². The Labute approximate surface area is 100 Å². The van der Waals surface area contributed by atoms with Gasteiger partial charge in [0, 0.05) is 25.6 Å². The summed E-state index contributed by atoms with van der Waals surface area (Å²) in [4.78, 5) is 13.3. The summed E-state index contributed by atoms with van der Waals surface area (Å²) in [6.45, 7) is 1.80. The summed E-state index contributed by atoms with van der Waals surface area (Å²) in [5.41, 5.74) is 12.8. The SMILES string of the molecule is NC(=O)c1cccc(N2CCC(CO)C2)c1N. The number of anilines is 2. The van der Waals surface area contributed by atoms with Gasteiger partial charge in [-0.25, -0.2) is 0 Å². The molecule has 0 spiro atoms. The number of carbonyl (C=O) groups excluding carboxylic acids is 1. The Morgan fingerprint density at radius 2 is 2.29 bits per heavy atom. The molecule has 5 N–H and O–H groups in total. The van der Waals surface area contributed by atoms with E-state index in [0.717, 1.165) is 25.2 Å². The predicted molar refractivity (Wildman–Crippen MR) is 66.8 cm³/mol. The molecule has 1 aromatic rings. The minimum atomic E-state index is -0.512. The van der Waals surface area contributed by atoms with E-state index in [9.17, 15) is 4.79 Å². The number of amides is 1. The number of rotatable bonds is 3. The quantitative estimate of drug-likeness (QED) is 0.652. The van der Waals surface area contributed by atoms with E-state index in [-0.39, 0.29) is 12.5 Å². The molecule has 17 heavy (non-hydrogen) atoms. The standard InChI is InChI=1S/C12H17N3O2/c13-11-9(12(14)17)2-1-3-10(11)15-5-4-8(6-15)7-16/h1-3,8,16H,4-7,13H2,(H2,14,17). The molecule has 0 saturated carbocycles. The number of hydrogen-bond acceptors (Lipinski definition) is 4. The molecule has 0 bridgehead atoms. The number of nitrogens with zero attached hydrogens (tertiary/aromatic N) is 1. The Balaban J connectivity index is 2.28. The Kier molecular flexibility index (Phi) is 3.19. The maximum atomic E-state index is 11.2. The molecule has 1 fully saturated rings. The molecular weight excluding hydrogens is 218 g/mol. The van der Waals surface area contributed by atoms with Gasteiger partial charge in [-0.2, -0.15) is 0 Å². The fourth-order valence-electron chi connectivity index (χ4n) is 2.24. The normalized spacial score (nSPS) is 19.6. The van der Waals surface area contributed by atoms with E-state index in [4.69, 9.17) is 16.6 Å². The first-order valence-electron chi connectivity index (χ1n) is 5.67. The van der Waals surface area contributed by atoms with Gasteiger partial charge in [-0.05, 0) is 18.6 Å². The van der Waals surface area contributed by atoms with Gasteiger partial charge >= 0.3 is 0 Å². The molecule has 1 unspecified atom stereocenters. The molecule has 1 aliphatic heterocycles. The lowest BCUT2D eigenvalue weighted by Gasteiger charge is -2.21. The van der Waals surface area contributed by atoms with E-state index in [1.165, 1.54) is 0 Å². The third-order valence-corrected chi connectivity index (χ3v) is 3.23. The van der Waals surface area contributed by atoms with Crippen molar-refractivity contribution < 1.29 is 9.90 Å². The zero-order valence-electron chi connectivity index (χ0n) is 9.60. The van der Waals surface area contributed by atoms with E-state index < -0.39 is 5.91 Å². The molecule has 1 amide bonds.